The third-order valence-electron chi connectivity index (χ3n) is 4.77. The standard InChI is InChI=1S/C14H24N4S/c1-2-11-8-9-17(10-11)13-15-16-14(19)18(13)12-6-4-3-5-7-12/h11-12H,2-10H2,1H3,(H,16,19). The van der Waals surface area contributed by atoms with E-state index >= 15 is 0 Å². The van der Waals surface area contributed by atoms with E-state index in [1.807, 2.05) is 0 Å². The van der Waals surface area contributed by atoms with E-state index in [1.165, 1.54) is 44.9 Å². The van der Waals surface area contributed by atoms with Crippen LogP contribution >= 0.6 is 12.2 Å². The van der Waals surface area contributed by atoms with E-state index in [2.05, 4.69) is 26.6 Å². The van der Waals surface area contributed by atoms with E-state index in [0.717, 1.165) is 29.7 Å². The van der Waals surface area contributed by atoms with Crippen molar-refractivity contribution in [2.45, 2.75) is 57.9 Å². The Kier molecular flexibility index (Phi) is 3.91. The van der Waals surface area contributed by atoms with Crippen molar-refractivity contribution in [2.24, 2.45) is 5.92 Å². The van der Waals surface area contributed by atoms with Gasteiger partial charge in [0.05, 0.1) is 0 Å². The monoisotopic (exact) mass is 280 g/mol. The van der Waals surface area contributed by atoms with E-state index in [-0.39, 0.29) is 0 Å². The van der Waals surface area contributed by atoms with Crippen LogP contribution in [0.15, 0.2) is 0 Å². The van der Waals surface area contributed by atoms with Crippen LogP contribution in [0.3, 0.4) is 0 Å². The van der Waals surface area contributed by atoms with Gasteiger partial charge in [0.15, 0.2) is 4.77 Å². The molecule has 1 aromatic heterocycles. The Bertz CT molecular complexity index is 472. The van der Waals surface area contributed by atoms with Crippen LogP contribution in [0.5, 0.6) is 0 Å². The number of aromatic nitrogens is 3. The summed E-state index contributed by atoms with van der Waals surface area (Å²) in [5.74, 6) is 1.91. The fraction of sp³-hybridized carbons (Fsp3) is 0.857. The Labute approximate surface area is 120 Å². The normalized spacial score (nSPS) is 25.1. The molecule has 0 spiro atoms. The van der Waals surface area contributed by atoms with E-state index in [4.69, 9.17) is 12.2 Å². The Morgan fingerprint density at radius 1 is 1.26 bits per heavy atom. The highest BCUT2D eigenvalue weighted by Crippen LogP contribution is 2.33. The van der Waals surface area contributed by atoms with Gasteiger partial charge in [0, 0.05) is 19.1 Å². The van der Waals surface area contributed by atoms with Gasteiger partial charge in [-0.2, -0.15) is 0 Å². The van der Waals surface area contributed by atoms with Crippen LogP contribution < -0.4 is 4.90 Å². The third-order valence-corrected chi connectivity index (χ3v) is 5.06. The molecule has 1 saturated carbocycles. The van der Waals surface area contributed by atoms with Crippen LogP contribution in [0.1, 0.15) is 57.9 Å². The first kappa shape index (κ1) is 13.2. The highest BCUT2D eigenvalue weighted by molar-refractivity contribution is 7.71. The fourth-order valence-corrected chi connectivity index (χ4v) is 3.81. The lowest BCUT2D eigenvalue weighted by Gasteiger charge is -2.27. The Hall–Kier alpha value is -0.840. The average molecular weight is 280 g/mol. The van der Waals surface area contributed by atoms with Crippen molar-refractivity contribution in [1.29, 1.82) is 0 Å². The Balaban J connectivity index is 1.84. The lowest BCUT2D eigenvalue weighted by molar-refractivity contribution is 0.350. The van der Waals surface area contributed by atoms with Crippen LogP contribution in [-0.2, 0) is 0 Å². The van der Waals surface area contributed by atoms with Crippen molar-refractivity contribution in [2.75, 3.05) is 18.0 Å². The predicted octanol–water partition coefficient (Wildman–Crippen LogP) is 3.68. The van der Waals surface area contributed by atoms with Crippen molar-refractivity contribution in [3.05, 3.63) is 4.77 Å². The number of rotatable bonds is 3. The molecular weight excluding hydrogens is 256 g/mol. The summed E-state index contributed by atoms with van der Waals surface area (Å²) in [4.78, 5) is 2.43. The molecule has 3 rings (SSSR count). The molecule has 0 bridgehead atoms. The second kappa shape index (κ2) is 5.65. The summed E-state index contributed by atoms with van der Waals surface area (Å²) >= 11 is 5.47. The minimum Gasteiger partial charge on any atom is -0.341 e. The quantitative estimate of drug-likeness (QED) is 0.858. The van der Waals surface area contributed by atoms with Crippen LogP contribution in [0.25, 0.3) is 0 Å². The summed E-state index contributed by atoms with van der Waals surface area (Å²) in [6, 6.07) is 0.565. The number of nitrogens with zero attached hydrogens (tertiary/aromatic N) is 3. The van der Waals surface area contributed by atoms with Crippen molar-refractivity contribution in [3.8, 4) is 0 Å². The maximum Gasteiger partial charge on any atom is 0.225 e. The first-order valence-electron chi connectivity index (χ1n) is 7.71. The summed E-state index contributed by atoms with van der Waals surface area (Å²) in [6.07, 6.45) is 9.10. The molecule has 0 amide bonds. The van der Waals surface area contributed by atoms with E-state index in [0.29, 0.717) is 6.04 Å². The SMILES string of the molecule is CCC1CCN(c2n[nH]c(=S)n2C2CCCCC2)C1. The van der Waals surface area contributed by atoms with Crippen molar-refractivity contribution in [3.63, 3.8) is 0 Å². The summed E-state index contributed by atoms with van der Waals surface area (Å²) < 4.78 is 3.11. The Morgan fingerprint density at radius 3 is 2.74 bits per heavy atom. The molecule has 0 aromatic carbocycles. The molecule has 2 heterocycles. The molecule has 19 heavy (non-hydrogen) atoms. The maximum atomic E-state index is 5.47. The molecule has 1 aromatic rings. The largest absolute Gasteiger partial charge is 0.341 e. The number of aromatic amines is 1. The molecule has 4 nitrogen and oxygen atoms in total. The highest BCUT2D eigenvalue weighted by atomic mass is 32.1. The second-order valence-corrected chi connectivity index (χ2v) is 6.39. The number of anilines is 1. The van der Waals surface area contributed by atoms with Gasteiger partial charge in [0.25, 0.3) is 0 Å². The summed E-state index contributed by atoms with van der Waals surface area (Å²) in [5.41, 5.74) is 0. The minimum atomic E-state index is 0.565. The third kappa shape index (κ3) is 2.57. The molecule has 2 aliphatic rings. The first-order valence-corrected chi connectivity index (χ1v) is 8.12. The minimum absolute atomic E-state index is 0.565. The molecular formula is C14H24N4S. The lowest BCUT2D eigenvalue weighted by atomic mass is 9.95. The van der Waals surface area contributed by atoms with E-state index in [9.17, 15) is 0 Å². The molecule has 1 N–H and O–H groups in total. The Morgan fingerprint density at radius 2 is 2.05 bits per heavy atom. The zero-order chi connectivity index (χ0) is 13.2. The van der Waals surface area contributed by atoms with Crippen LogP contribution in [0, 0.1) is 10.7 Å². The summed E-state index contributed by atoms with van der Waals surface area (Å²) in [6.45, 7) is 4.56. The topological polar surface area (TPSA) is 36.9 Å². The molecule has 5 heteroatoms. The van der Waals surface area contributed by atoms with Gasteiger partial charge < -0.3 is 4.90 Å². The molecule has 0 radical (unpaired) electrons. The van der Waals surface area contributed by atoms with Gasteiger partial charge in [-0.1, -0.05) is 32.6 Å². The van der Waals surface area contributed by atoms with Crippen molar-refractivity contribution < 1.29 is 0 Å². The van der Waals surface area contributed by atoms with Gasteiger partial charge in [-0.25, -0.2) is 5.10 Å². The predicted molar refractivity (Wildman–Crippen MR) is 80.1 cm³/mol. The van der Waals surface area contributed by atoms with Gasteiger partial charge in [-0.15, -0.1) is 5.10 Å². The molecule has 1 saturated heterocycles. The fourth-order valence-electron chi connectivity index (χ4n) is 3.54. The van der Waals surface area contributed by atoms with Crippen molar-refractivity contribution in [1.82, 2.24) is 14.8 Å². The van der Waals surface area contributed by atoms with E-state index in [1.54, 1.807) is 0 Å². The smallest absolute Gasteiger partial charge is 0.225 e. The van der Waals surface area contributed by atoms with Crippen LogP contribution in [0.2, 0.25) is 0 Å². The van der Waals surface area contributed by atoms with Gasteiger partial charge in [0.2, 0.25) is 5.95 Å². The van der Waals surface area contributed by atoms with Gasteiger partial charge in [-0.3, -0.25) is 4.57 Å². The number of hydrogen-bond acceptors (Lipinski definition) is 3. The van der Waals surface area contributed by atoms with E-state index < -0.39 is 0 Å². The molecule has 106 valence electrons. The maximum absolute atomic E-state index is 5.47. The molecule has 1 unspecified atom stereocenters. The summed E-state index contributed by atoms with van der Waals surface area (Å²) in [7, 11) is 0. The average Bonchev–Trinajstić information content (AvgIpc) is 3.05. The second-order valence-electron chi connectivity index (χ2n) is 6.00. The number of H-pyrrole nitrogens is 1. The zero-order valence-corrected chi connectivity index (χ0v) is 12.6. The van der Waals surface area contributed by atoms with Gasteiger partial charge in [-0.05, 0) is 37.4 Å². The molecule has 1 aliphatic heterocycles. The van der Waals surface area contributed by atoms with Crippen LogP contribution in [0.4, 0.5) is 5.95 Å². The zero-order valence-electron chi connectivity index (χ0n) is 11.8. The van der Waals surface area contributed by atoms with Crippen LogP contribution in [-0.4, -0.2) is 27.9 Å². The lowest BCUT2D eigenvalue weighted by Crippen LogP contribution is -2.26. The molecule has 1 aliphatic carbocycles. The number of nitrogens with one attached hydrogen (secondary N) is 1. The van der Waals surface area contributed by atoms with Gasteiger partial charge in [0.1, 0.15) is 0 Å². The molecule has 2 fully saturated rings. The van der Waals surface area contributed by atoms with Gasteiger partial charge >= 0.3 is 0 Å². The number of hydrogen-bond donors (Lipinski definition) is 1. The van der Waals surface area contributed by atoms with Crippen molar-refractivity contribution >= 4 is 18.2 Å². The highest BCUT2D eigenvalue weighted by Gasteiger charge is 2.27. The first-order chi connectivity index (χ1) is 9.29. The summed E-state index contributed by atoms with van der Waals surface area (Å²) in [5, 5.41) is 7.53. The molecule has 1 atom stereocenters.